The largest absolute Gasteiger partial charge is 0.328 e. The summed E-state index contributed by atoms with van der Waals surface area (Å²) >= 11 is 6.00. The Labute approximate surface area is 164 Å². The average molecular weight is 390 g/mol. The molecule has 0 aliphatic carbocycles. The third-order valence-corrected chi connectivity index (χ3v) is 5.75. The number of amides is 3. The Bertz CT molecular complexity index is 781. The second-order valence-electron chi connectivity index (χ2n) is 7.20. The van der Waals surface area contributed by atoms with Crippen LogP contribution in [0.15, 0.2) is 29.3 Å². The lowest BCUT2D eigenvalue weighted by molar-refractivity contribution is -0.137. The van der Waals surface area contributed by atoms with Crippen molar-refractivity contribution in [1.29, 1.82) is 0 Å². The molecular weight excluding hydrogens is 366 g/mol. The fourth-order valence-corrected chi connectivity index (χ4v) is 4.15. The van der Waals surface area contributed by atoms with Gasteiger partial charge in [-0.15, -0.1) is 0 Å². The van der Waals surface area contributed by atoms with Crippen LogP contribution in [-0.4, -0.2) is 71.5 Å². The number of imide groups is 1. The third kappa shape index (κ3) is 2.94. The molecule has 0 saturated carbocycles. The van der Waals surface area contributed by atoms with E-state index in [4.69, 9.17) is 16.6 Å². The van der Waals surface area contributed by atoms with Gasteiger partial charge in [-0.25, -0.2) is 9.79 Å². The zero-order valence-corrected chi connectivity index (χ0v) is 16.4. The molecule has 144 valence electrons. The number of aliphatic imine (C=N–C) groups is 1. The summed E-state index contributed by atoms with van der Waals surface area (Å²) in [7, 11) is 1.73. The summed E-state index contributed by atoms with van der Waals surface area (Å²) in [5, 5.41) is 0.681. The molecule has 0 radical (unpaired) electrons. The maximum absolute atomic E-state index is 13.1. The highest BCUT2D eigenvalue weighted by Crippen LogP contribution is 2.33. The van der Waals surface area contributed by atoms with Crippen LogP contribution in [0, 0.1) is 0 Å². The molecular formula is C19H24ClN5O2. The summed E-state index contributed by atoms with van der Waals surface area (Å²) in [6.45, 7) is 4.04. The van der Waals surface area contributed by atoms with Gasteiger partial charge in [-0.3, -0.25) is 9.69 Å². The summed E-state index contributed by atoms with van der Waals surface area (Å²) in [6, 6.07) is 6.91. The summed E-state index contributed by atoms with van der Waals surface area (Å²) in [6.07, 6.45) is 2.43. The number of fused-ring (bicyclic) bond motifs is 3. The first-order valence-electron chi connectivity index (χ1n) is 9.48. The van der Waals surface area contributed by atoms with Crippen LogP contribution < -0.4 is 4.90 Å². The maximum Gasteiger partial charge on any atom is 0.328 e. The Kier molecular flexibility index (Phi) is 4.72. The van der Waals surface area contributed by atoms with Gasteiger partial charge in [0.05, 0.1) is 0 Å². The first kappa shape index (κ1) is 18.1. The van der Waals surface area contributed by atoms with E-state index in [0.717, 1.165) is 37.5 Å². The Morgan fingerprint density at radius 1 is 1.15 bits per heavy atom. The molecule has 2 saturated heterocycles. The molecule has 8 heteroatoms. The Hall–Kier alpha value is -2.28. The monoisotopic (exact) mass is 389 g/mol. The Morgan fingerprint density at radius 2 is 1.89 bits per heavy atom. The molecule has 0 bridgehead atoms. The number of halogens is 1. The minimum absolute atomic E-state index is 0.129. The van der Waals surface area contributed by atoms with Gasteiger partial charge in [0, 0.05) is 37.4 Å². The lowest BCUT2D eigenvalue weighted by Crippen LogP contribution is -2.64. The van der Waals surface area contributed by atoms with Crippen LogP contribution >= 0.6 is 11.6 Å². The number of benzene rings is 1. The highest BCUT2D eigenvalue weighted by atomic mass is 35.5. The summed E-state index contributed by atoms with van der Waals surface area (Å²) in [5.74, 6) is 0.631. The number of guanidine groups is 1. The van der Waals surface area contributed by atoms with Crippen molar-refractivity contribution in [3.05, 3.63) is 29.3 Å². The number of urea groups is 1. The van der Waals surface area contributed by atoms with Crippen molar-refractivity contribution < 1.29 is 9.59 Å². The lowest BCUT2D eigenvalue weighted by atomic mass is 10.1. The van der Waals surface area contributed by atoms with E-state index in [0.29, 0.717) is 18.1 Å². The number of nitrogens with zero attached hydrogens (tertiary/aromatic N) is 5. The molecule has 1 aromatic rings. The zero-order valence-electron chi connectivity index (χ0n) is 15.6. The zero-order chi connectivity index (χ0) is 19.1. The minimum Gasteiger partial charge on any atom is -0.325 e. The van der Waals surface area contributed by atoms with Crippen molar-refractivity contribution >= 4 is 35.2 Å². The molecule has 27 heavy (non-hydrogen) atoms. The van der Waals surface area contributed by atoms with Crippen molar-refractivity contribution in [2.24, 2.45) is 4.99 Å². The summed E-state index contributed by atoms with van der Waals surface area (Å²) < 4.78 is 0. The standard InChI is InChI=1S/C19H24ClN5O2/c1-3-4-5-10-25-17(26)15-16(22(2)19(25)27)21-18-23(11-12-24(15)18)14-8-6-13(20)7-9-14/h6-9,15-16H,3-5,10-12H2,1-2H3. The molecule has 0 N–H and O–H groups in total. The van der Waals surface area contributed by atoms with Crippen LogP contribution in [0.25, 0.3) is 0 Å². The predicted octanol–water partition coefficient (Wildman–Crippen LogP) is 2.61. The number of anilines is 1. The predicted molar refractivity (Wildman–Crippen MR) is 105 cm³/mol. The Morgan fingerprint density at radius 3 is 2.59 bits per heavy atom. The van der Waals surface area contributed by atoms with Crippen LogP contribution in [0.1, 0.15) is 26.2 Å². The van der Waals surface area contributed by atoms with Gasteiger partial charge in [-0.2, -0.15) is 0 Å². The SMILES string of the molecule is CCCCCN1C(=O)C2C(N=C3N(c4ccc(Cl)cc4)CCN32)N(C)C1=O. The van der Waals surface area contributed by atoms with Gasteiger partial charge in [0.15, 0.2) is 12.2 Å². The van der Waals surface area contributed by atoms with Crippen LogP contribution in [0.5, 0.6) is 0 Å². The molecule has 1 aromatic carbocycles. The Balaban J connectivity index is 1.59. The van der Waals surface area contributed by atoms with Crippen LogP contribution in [0.2, 0.25) is 5.02 Å². The first-order chi connectivity index (χ1) is 13.0. The lowest BCUT2D eigenvalue weighted by Gasteiger charge is -2.40. The third-order valence-electron chi connectivity index (χ3n) is 5.50. The smallest absolute Gasteiger partial charge is 0.325 e. The molecule has 3 aliphatic rings. The van der Waals surface area contributed by atoms with Gasteiger partial charge >= 0.3 is 6.03 Å². The topological polar surface area (TPSA) is 59.5 Å². The van der Waals surface area contributed by atoms with Gasteiger partial charge in [-0.1, -0.05) is 31.4 Å². The van der Waals surface area contributed by atoms with Crippen molar-refractivity contribution in [2.75, 3.05) is 31.6 Å². The van der Waals surface area contributed by atoms with E-state index in [1.807, 2.05) is 29.2 Å². The molecule has 7 nitrogen and oxygen atoms in total. The van der Waals surface area contributed by atoms with Crippen molar-refractivity contribution in [1.82, 2.24) is 14.7 Å². The van der Waals surface area contributed by atoms with Crippen LogP contribution in [0.3, 0.4) is 0 Å². The molecule has 0 aromatic heterocycles. The number of carbonyl (C=O) groups is 2. The maximum atomic E-state index is 13.1. The molecule has 2 fully saturated rings. The van der Waals surface area contributed by atoms with E-state index in [2.05, 4.69) is 11.8 Å². The second kappa shape index (κ2) is 7.03. The number of rotatable bonds is 5. The number of unbranched alkanes of at least 4 members (excludes halogenated alkanes) is 2. The summed E-state index contributed by atoms with van der Waals surface area (Å²) in [4.78, 5) is 37.7. The molecule has 3 heterocycles. The quantitative estimate of drug-likeness (QED) is 0.726. The highest BCUT2D eigenvalue weighted by molar-refractivity contribution is 6.30. The minimum atomic E-state index is -0.461. The van der Waals surface area contributed by atoms with Gasteiger partial charge < -0.3 is 14.7 Å². The van der Waals surface area contributed by atoms with E-state index in [-0.39, 0.29) is 11.9 Å². The summed E-state index contributed by atoms with van der Waals surface area (Å²) in [5.41, 5.74) is 0.987. The van der Waals surface area contributed by atoms with Gasteiger partial charge in [0.2, 0.25) is 5.96 Å². The second-order valence-corrected chi connectivity index (χ2v) is 7.64. The molecule has 0 spiro atoms. The number of carbonyl (C=O) groups excluding carboxylic acids is 2. The fourth-order valence-electron chi connectivity index (χ4n) is 4.03. The van der Waals surface area contributed by atoms with E-state index in [1.165, 1.54) is 4.90 Å². The van der Waals surface area contributed by atoms with Gasteiger partial charge in [0.1, 0.15) is 0 Å². The molecule has 3 aliphatic heterocycles. The van der Waals surface area contributed by atoms with Crippen LogP contribution in [-0.2, 0) is 4.79 Å². The van der Waals surface area contributed by atoms with Gasteiger partial charge in [0.25, 0.3) is 5.91 Å². The van der Waals surface area contributed by atoms with Crippen molar-refractivity contribution in [3.63, 3.8) is 0 Å². The van der Waals surface area contributed by atoms with Crippen molar-refractivity contribution in [2.45, 2.75) is 38.4 Å². The van der Waals surface area contributed by atoms with Crippen molar-refractivity contribution in [3.8, 4) is 0 Å². The molecule has 4 rings (SSSR count). The van der Waals surface area contributed by atoms with Crippen LogP contribution in [0.4, 0.5) is 10.5 Å². The number of hydrogen-bond donors (Lipinski definition) is 0. The molecule has 2 atom stereocenters. The first-order valence-corrected chi connectivity index (χ1v) is 9.86. The molecule has 2 unspecified atom stereocenters. The van der Waals surface area contributed by atoms with E-state index >= 15 is 0 Å². The fraction of sp³-hybridized carbons (Fsp3) is 0.526. The number of hydrogen-bond acceptors (Lipinski definition) is 5. The van der Waals surface area contributed by atoms with Gasteiger partial charge in [-0.05, 0) is 30.7 Å². The highest BCUT2D eigenvalue weighted by Gasteiger charge is 2.54. The van der Waals surface area contributed by atoms with E-state index < -0.39 is 12.2 Å². The molecule has 3 amide bonds. The van der Waals surface area contributed by atoms with E-state index in [1.54, 1.807) is 11.9 Å². The number of likely N-dealkylation sites (N-methyl/N-ethyl adjacent to an activating group) is 1. The average Bonchev–Trinajstić information content (AvgIpc) is 3.23. The normalized spacial score (nSPS) is 24.5. The van der Waals surface area contributed by atoms with E-state index in [9.17, 15) is 9.59 Å².